The Kier molecular flexibility index (Phi) is 9.26. The van der Waals surface area contributed by atoms with E-state index < -0.39 is 86.1 Å². The molecule has 1 N–H and O–H groups in total. The molecule has 0 unspecified atom stereocenters. The lowest BCUT2D eigenvalue weighted by atomic mass is 9.64. The molecule has 2 amide bonds. The molecule has 5 aromatic rings. The number of hydrogen-bond donors (Lipinski definition) is 1. The SMILES string of the molecule is COc1cc2nc(CCn3c(=O)n4n(c3=O)[C@@H]3C[C@@]5(Cl)C(=O)N(c6ccc(F)cc6)C(=O)[C@@]5(Cl)[C@@H](c5cc(OC(F)(F)F)ccc5O)C3=CC4)c(=O)n(C)c2cc1OC. The first-order valence-corrected chi connectivity index (χ1v) is 18.4. The number of carbonyl (C=O) groups is 2. The van der Waals surface area contributed by atoms with Crippen LogP contribution in [0.4, 0.5) is 23.2 Å². The van der Waals surface area contributed by atoms with Crippen molar-refractivity contribution in [3.8, 4) is 23.0 Å². The minimum atomic E-state index is -5.18. The average molecular weight is 862 g/mol. The molecule has 4 heterocycles. The van der Waals surface area contributed by atoms with Gasteiger partial charge in [0.15, 0.2) is 21.2 Å². The van der Waals surface area contributed by atoms with Crippen LogP contribution < -0.4 is 36.0 Å². The summed E-state index contributed by atoms with van der Waals surface area (Å²) >= 11 is 14.5. The van der Waals surface area contributed by atoms with Gasteiger partial charge in [-0.25, -0.2) is 37.8 Å². The number of benzene rings is 3. The zero-order valence-electron chi connectivity index (χ0n) is 30.9. The number of anilines is 1. The second kappa shape index (κ2) is 13.8. The van der Waals surface area contributed by atoms with E-state index in [1.54, 1.807) is 12.1 Å². The summed E-state index contributed by atoms with van der Waals surface area (Å²) in [5.74, 6) is -5.47. The summed E-state index contributed by atoms with van der Waals surface area (Å²) in [6.45, 7) is -0.692. The molecule has 0 radical (unpaired) electrons. The molecule has 308 valence electrons. The third kappa shape index (κ3) is 5.91. The topological polar surface area (TPSA) is 169 Å². The Bertz CT molecular complexity index is 2840. The van der Waals surface area contributed by atoms with Crippen LogP contribution in [0.25, 0.3) is 11.0 Å². The number of phenolic OH excluding ortho intramolecular Hbond substituents is 1. The van der Waals surface area contributed by atoms with E-state index in [1.165, 1.54) is 31.9 Å². The summed E-state index contributed by atoms with van der Waals surface area (Å²) in [6, 6.07) is 8.44. The maximum Gasteiger partial charge on any atom is 0.573 e. The summed E-state index contributed by atoms with van der Waals surface area (Å²) in [4.78, 5) is 70.7. The van der Waals surface area contributed by atoms with Gasteiger partial charge in [-0.2, -0.15) is 0 Å². The van der Waals surface area contributed by atoms with Gasteiger partial charge < -0.3 is 23.9 Å². The Morgan fingerprint density at radius 3 is 2.27 bits per heavy atom. The molecule has 59 heavy (non-hydrogen) atoms. The number of rotatable bonds is 8. The van der Waals surface area contributed by atoms with Gasteiger partial charge in [0.05, 0.1) is 43.5 Å². The molecule has 21 heteroatoms. The number of allylic oxidation sites excluding steroid dienone is 2. The first-order chi connectivity index (χ1) is 27.8. The largest absolute Gasteiger partial charge is 0.573 e. The molecule has 15 nitrogen and oxygen atoms in total. The van der Waals surface area contributed by atoms with Crippen LogP contribution in [0.2, 0.25) is 0 Å². The first kappa shape index (κ1) is 39.7. The number of amides is 2. The maximum atomic E-state index is 14.5. The van der Waals surface area contributed by atoms with E-state index >= 15 is 0 Å². The van der Waals surface area contributed by atoms with Crippen molar-refractivity contribution in [2.24, 2.45) is 7.05 Å². The van der Waals surface area contributed by atoms with Gasteiger partial charge in [0.2, 0.25) is 0 Å². The third-order valence-corrected chi connectivity index (χ3v) is 12.4. The van der Waals surface area contributed by atoms with Crippen molar-refractivity contribution < 1.29 is 46.5 Å². The zero-order valence-corrected chi connectivity index (χ0v) is 32.4. The molecule has 0 bridgehead atoms. The number of imide groups is 1. The van der Waals surface area contributed by atoms with Crippen LogP contribution in [-0.4, -0.2) is 70.7 Å². The van der Waals surface area contributed by atoms with Gasteiger partial charge in [-0.3, -0.25) is 14.4 Å². The fourth-order valence-electron chi connectivity index (χ4n) is 8.30. The number of halogens is 6. The third-order valence-electron chi connectivity index (χ3n) is 11.0. The van der Waals surface area contributed by atoms with Crippen molar-refractivity contribution in [2.75, 3.05) is 19.1 Å². The van der Waals surface area contributed by atoms with Crippen molar-refractivity contribution in [2.45, 2.75) is 54.0 Å². The molecular formula is C38H30Cl2F4N6O9. The Morgan fingerprint density at radius 1 is 0.932 bits per heavy atom. The van der Waals surface area contributed by atoms with Crippen LogP contribution in [0, 0.1) is 5.82 Å². The number of aromatic nitrogens is 5. The second-order valence-electron chi connectivity index (χ2n) is 14.1. The lowest BCUT2D eigenvalue weighted by molar-refractivity contribution is -0.274. The lowest BCUT2D eigenvalue weighted by Gasteiger charge is -2.49. The standard InChI is InChI=1S/C38H30Cl2F4N6O9/c1-46-25-16-29(58-3)28(57-2)15-24(25)45-23(31(46)52)11-12-47-34(55)48-13-10-21-26(50(48)35(47)56)17-36(39)32(53)49(19-6-4-18(41)5-7-19)33(54)37(36,40)30(21)22-14-20(8-9-27(22)51)59-38(42,43)44/h4-10,14-16,26,30,51H,11-13,17H2,1-3H3/t26-,30-,36-,37+/m1/s1. The van der Waals surface area contributed by atoms with Crippen LogP contribution in [0.1, 0.15) is 29.6 Å². The predicted molar refractivity (Wildman–Crippen MR) is 202 cm³/mol. The highest BCUT2D eigenvalue weighted by atomic mass is 35.5. The molecule has 2 aromatic heterocycles. The van der Waals surface area contributed by atoms with Crippen molar-refractivity contribution >= 4 is 51.7 Å². The molecule has 2 fully saturated rings. The molecular weight excluding hydrogens is 831 g/mol. The average Bonchev–Trinajstić information content (AvgIpc) is 3.52. The number of alkyl halides is 5. The lowest BCUT2D eigenvalue weighted by Crippen LogP contribution is -2.59. The van der Waals surface area contributed by atoms with E-state index in [9.17, 15) is 46.6 Å². The summed E-state index contributed by atoms with van der Waals surface area (Å²) < 4.78 is 73.3. The number of fused-ring (bicyclic) bond motifs is 5. The highest BCUT2D eigenvalue weighted by Gasteiger charge is 2.76. The molecule has 3 aliphatic rings. The summed E-state index contributed by atoms with van der Waals surface area (Å²) in [5, 5.41) is 11.2. The molecule has 1 saturated carbocycles. The van der Waals surface area contributed by atoms with Crippen molar-refractivity contribution in [3.05, 3.63) is 115 Å². The monoisotopic (exact) mass is 860 g/mol. The van der Waals surface area contributed by atoms with E-state index in [4.69, 9.17) is 32.7 Å². The number of hydrogen-bond acceptors (Lipinski definition) is 10. The highest BCUT2D eigenvalue weighted by molar-refractivity contribution is 6.58. The van der Waals surface area contributed by atoms with Gasteiger partial charge in [0, 0.05) is 50.0 Å². The molecule has 4 atom stereocenters. The Hall–Kier alpha value is -6.08. The number of ether oxygens (including phenoxy) is 3. The van der Waals surface area contributed by atoms with E-state index in [0.717, 1.165) is 56.4 Å². The minimum absolute atomic E-state index is 0.00301. The van der Waals surface area contributed by atoms with E-state index in [-0.39, 0.29) is 36.5 Å². The van der Waals surface area contributed by atoms with Crippen LogP contribution in [0.15, 0.2) is 80.6 Å². The molecule has 1 aliphatic carbocycles. The van der Waals surface area contributed by atoms with Crippen molar-refractivity contribution in [3.63, 3.8) is 0 Å². The number of phenols is 1. The Labute approximate surface area is 338 Å². The van der Waals surface area contributed by atoms with Crippen LogP contribution in [-0.2, 0) is 36.1 Å². The summed E-state index contributed by atoms with van der Waals surface area (Å²) in [5.41, 5.74) is -1.99. The number of nitrogens with zero attached hydrogens (tertiary/aromatic N) is 6. The van der Waals surface area contributed by atoms with Gasteiger partial charge in [-0.15, -0.1) is 36.4 Å². The second-order valence-corrected chi connectivity index (χ2v) is 15.3. The van der Waals surface area contributed by atoms with E-state index in [1.807, 2.05) is 0 Å². The number of carbonyl (C=O) groups excluding carboxylic acids is 2. The fourth-order valence-corrected chi connectivity index (χ4v) is 9.20. The molecule has 0 spiro atoms. The summed E-state index contributed by atoms with van der Waals surface area (Å²) in [6.07, 6.45) is -4.57. The van der Waals surface area contributed by atoms with E-state index in [2.05, 4.69) is 9.72 Å². The molecule has 1 saturated heterocycles. The molecule has 3 aromatic carbocycles. The quantitative estimate of drug-likeness (QED) is 0.103. The first-order valence-electron chi connectivity index (χ1n) is 17.7. The van der Waals surface area contributed by atoms with Crippen LogP contribution in [0.5, 0.6) is 23.0 Å². The van der Waals surface area contributed by atoms with Gasteiger partial charge in [-0.05, 0) is 48.0 Å². The van der Waals surface area contributed by atoms with Crippen molar-refractivity contribution in [1.82, 2.24) is 23.5 Å². The predicted octanol–water partition coefficient (Wildman–Crippen LogP) is 4.26. The molecule has 2 aliphatic heterocycles. The zero-order chi connectivity index (χ0) is 42.5. The number of methoxy groups -OCH3 is 2. The highest BCUT2D eigenvalue weighted by Crippen LogP contribution is 2.64. The molecule has 8 rings (SSSR count). The fraction of sp³-hybridized carbons (Fsp3) is 0.316. The smallest absolute Gasteiger partial charge is 0.508 e. The maximum absolute atomic E-state index is 14.5. The van der Waals surface area contributed by atoms with Crippen LogP contribution in [0.3, 0.4) is 0 Å². The van der Waals surface area contributed by atoms with Gasteiger partial charge in [0.25, 0.3) is 17.4 Å². The normalized spacial score (nSPS) is 22.5. The van der Waals surface area contributed by atoms with E-state index in [0.29, 0.717) is 27.4 Å². The number of aryl methyl sites for hydroxylation is 2. The number of aromatic hydroxyl groups is 1. The van der Waals surface area contributed by atoms with Crippen molar-refractivity contribution in [1.29, 1.82) is 0 Å². The van der Waals surface area contributed by atoms with Gasteiger partial charge in [-0.1, -0.05) is 6.08 Å². The van der Waals surface area contributed by atoms with Gasteiger partial charge >= 0.3 is 17.7 Å². The Balaban J connectivity index is 1.25. The summed E-state index contributed by atoms with van der Waals surface area (Å²) in [7, 11) is 4.38. The Morgan fingerprint density at radius 2 is 1.61 bits per heavy atom. The van der Waals surface area contributed by atoms with Gasteiger partial charge in [0.1, 0.15) is 23.0 Å². The van der Waals surface area contributed by atoms with Crippen LogP contribution >= 0.6 is 23.2 Å². The minimum Gasteiger partial charge on any atom is -0.508 e.